The molecule has 5 heteroatoms. The Hall–Kier alpha value is -2.30. The fourth-order valence-electron chi connectivity index (χ4n) is 2.99. The molecule has 0 atom stereocenters. The highest BCUT2D eigenvalue weighted by atomic mass is 16.2. The number of benzene rings is 1. The Morgan fingerprint density at radius 1 is 1.18 bits per heavy atom. The highest BCUT2D eigenvalue weighted by molar-refractivity contribution is 5.88. The Morgan fingerprint density at radius 2 is 1.91 bits per heavy atom. The minimum atomic E-state index is -0.0395. The SMILES string of the molecule is Cc1cc(NC(=O)N2CCCc3ccccc3CC2)n(C)n1. The predicted octanol–water partition coefficient (Wildman–Crippen LogP) is 2.75. The van der Waals surface area contributed by atoms with Crippen molar-refractivity contribution in [1.29, 1.82) is 0 Å². The Morgan fingerprint density at radius 3 is 2.59 bits per heavy atom. The molecule has 0 fully saturated rings. The molecule has 0 saturated heterocycles. The fourth-order valence-corrected chi connectivity index (χ4v) is 2.99. The average molecular weight is 298 g/mol. The number of aromatic nitrogens is 2. The van der Waals surface area contributed by atoms with Crippen molar-refractivity contribution in [3.05, 3.63) is 47.2 Å². The van der Waals surface area contributed by atoms with Crippen LogP contribution in [0.3, 0.4) is 0 Å². The summed E-state index contributed by atoms with van der Waals surface area (Å²) >= 11 is 0. The third-order valence-corrected chi connectivity index (χ3v) is 4.17. The van der Waals surface area contributed by atoms with Gasteiger partial charge in [0.15, 0.2) is 0 Å². The number of rotatable bonds is 1. The van der Waals surface area contributed by atoms with Crippen molar-refractivity contribution in [3.8, 4) is 0 Å². The first-order valence-corrected chi connectivity index (χ1v) is 7.77. The lowest BCUT2D eigenvalue weighted by atomic mass is 9.98. The summed E-state index contributed by atoms with van der Waals surface area (Å²) in [6.07, 6.45) is 2.94. The van der Waals surface area contributed by atoms with Crippen LogP contribution in [0.2, 0.25) is 0 Å². The highest BCUT2D eigenvalue weighted by Crippen LogP contribution is 2.17. The van der Waals surface area contributed by atoms with E-state index in [1.54, 1.807) is 4.68 Å². The first-order valence-electron chi connectivity index (χ1n) is 7.77. The number of carbonyl (C=O) groups is 1. The number of hydrogen-bond donors (Lipinski definition) is 1. The Bertz CT molecular complexity index is 677. The van der Waals surface area contributed by atoms with Gasteiger partial charge in [-0.05, 0) is 37.3 Å². The topological polar surface area (TPSA) is 50.2 Å². The number of urea groups is 1. The van der Waals surface area contributed by atoms with Gasteiger partial charge in [0.05, 0.1) is 5.69 Å². The molecule has 5 nitrogen and oxygen atoms in total. The van der Waals surface area contributed by atoms with Crippen LogP contribution in [0.4, 0.5) is 10.6 Å². The van der Waals surface area contributed by atoms with Crippen molar-refractivity contribution >= 4 is 11.8 Å². The van der Waals surface area contributed by atoms with Crippen LogP contribution in [-0.2, 0) is 19.9 Å². The first-order chi connectivity index (χ1) is 10.6. The number of hydrogen-bond acceptors (Lipinski definition) is 2. The van der Waals surface area contributed by atoms with E-state index in [1.165, 1.54) is 11.1 Å². The molecule has 0 aliphatic carbocycles. The van der Waals surface area contributed by atoms with Crippen LogP contribution in [0.25, 0.3) is 0 Å². The van der Waals surface area contributed by atoms with Gasteiger partial charge in [-0.2, -0.15) is 5.10 Å². The van der Waals surface area contributed by atoms with Gasteiger partial charge < -0.3 is 4.90 Å². The molecule has 0 spiro atoms. The second-order valence-electron chi connectivity index (χ2n) is 5.83. The minimum absolute atomic E-state index is 0.0395. The number of amides is 2. The van der Waals surface area contributed by atoms with Crippen LogP contribution >= 0.6 is 0 Å². The highest BCUT2D eigenvalue weighted by Gasteiger charge is 2.18. The summed E-state index contributed by atoms with van der Waals surface area (Å²) in [6, 6.07) is 10.4. The van der Waals surface area contributed by atoms with E-state index in [0.29, 0.717) is 0 Å². The maximum absolute atomic E-state index is 12.5. The summed E-state index contributed by atoms with van der Waals surface area (Å²) in [5.74, 6) is 0.741. The molecule has 0 saturated carbocycles. The largest absolute Gasteiger partial charge is 0.324 e. The molecule has 0 radical (unpaired) electrons. The number of fused-ring (bicyclic) bond motifs is 1. The van der Waals surface area contributed by atoms with Crippen molar-refractivity contribution in [2.75, 3.05) is 18.4 Å². The number of nitrogens with zero attached hydrogens (tertiary/aromatic N) is 3. The first kappa shape index (κ1) is 14.6. The number of nitrogens with one attached hydrogen (secondary N) is 1. The molecule has 2 aromatic rings. The maximum atomic E-state index is 12.5. The van der Waals surface area contributed by atoms with Gasteiger partial charge in [0.1, 0.15) is 5.82 Å². The summed E-state index contributed by atoms with van der Waals surface area (Å²) in [7, 11) is 1.84. The van der Waals surface area contributed by atoms with Gasteiger partial charge in [0, 0.05) is 26.2 Å². The van der Waals surface area contributed by atoms with Gasteiger partial charge >= 0.3 is 6.03 Å². The number of aryl methyl sites for hydroxylation is 3. The van der Waals surface area contributed by atoms with E-state index >= 15 is 0 Å². The lowest BCUT2D eigenvalue weighted by Crippen LogP contribution is -2.38. The number of anilines is 1. The average Bonchev–Trinajstić information content (AvgIpc) is 2.77. The molecule has 2 amide bonds. The van der Waals surface area contributed by atoms with Gasteiger partial charge in [0.2, 0.25) is 0 Å². The molecule has 3 rings (SSSR count). The number of carbonyl (C=O) groups excluding carboxylic acids is 1. The van der Waals surface area contributed by atoms with Crippen LogP contribution in [0, 0.1) is 6.92 Å². The third kappa shape index (κ3) is 3.13. The van der Waals surface area contributed by atoms with E-state index < -0.39 is 0 Å². The monoisotopic (exact) mass is 298 g/mol. The second kappa shape index (κ2) is 6.22. The van der Waals surface area contributed by atoms with Crippen molar-refractivity contribution in [3.63, 3.8) is 0 Å². The van der Waals surface area contributed by atoms with Gasteiger partial charge in [-0.3, -0.25) is 10.00 Å². The van der Waals surface area contributed by atoms with E-state index in [2.05, 4.69) is 34.7 Å². The molecule has 2 heterocycles. The van der Waals surface area contributed by atoms with Gasteiger partial charge in [-0.15, -0.1) is 0 Å². The molecule has 1 N–H and O–H groups in total. The quantitative estimate of drug-likeness (QED) is 0.880. The van der Waals surface area contributed by atoms with E-state index in [9.17, 15) is 4.79 Å². The fraction of sp³-hybridized carbons (Fsp3) is 0.412. The van der Waals surface area contributed by atoms with Crippen LogP contribution in [0.1, 0.15) is 23.2 Å². The van der Waals surface area contributed by atoms with Crippen LogP contribution < -0.4 is 5.32 Å². The molecular weight excluding hydrogens is 276 g/mol. The zero-order chi connectivity index (χ0) is 15.5. The van der Waals surface area contributed by atoms with E-state index in [1.807, 2.05) is 24.9 Å². The molecule has 0 bridgehead atoms. The summed E-state index contributed by atoms with van der Waals surface area (Å²) in [6.45, 7) is 3.46. The summed E-state index contributed by atoms with van der Waals surface area (Å²) in [5.41, 5.74) is 3.68. The molecular formula is C17H22N4O. The van der Waals surface area contributed by atoms with Gasteiger partial charge in [-0.1, -0.05) is 24.3 Å². The van der Waals surface area contributed by atoms with Crippen molar-refractivity contribution in [1.82, 2.24) is 14.7 Å². The van der Waals surface area contributed by atoms with Crippen LogP contribution in [-0.4, -0.2) is 33.8 Å². The molecule has 1 aliphatic heterocycles. The minimum Gasteiger partial charge on any atom is -0.324 e. The summed E-state index contributed by atoms with van der Waals surface area (Å²) < 4.78 is 1.70. The normalized spacial score (nSPS) is 14.9. The zero-order valence-electron chi connectivity index (χ0n) is 13.2. The Balaban J connectivity index is 1.68. The molecule has 1 aromatic heterocycles. The molecule has 116 valence electrons. The van der Waals surface area contributed by atoms with Gasteiger partial charge in [0.25, 0.3) is 0 Å². The van der Waals surface area contributed by atoms with Crippen molar-refractivity contribution in [2.45, 2.75) is 26.2 Å². The molecule has 22 heavy (non-hydrogen) atoms. The zero-order valence-corrected chi connectivity index (χ0v) is 13.2. The maximum Gasteiger partial charge on any atom is 0.323 e. The lowest BCUT2D eigenvalue weighted by molar-refractivity contribution is 0.210. The summed E-state index contributed by atoms with van der Waals surface area (Å²) in [5, 5.41) is 7.22. The molecule has 1 aliphatic rings. The van der Waals surface area contributed by atoms with E-state index in [4.69, 9.17) is 0 Å². The van der Waals surface area contributed by atoms with Crippen molar-refractivity contribution < 1.29 is 4.79 Å². The molecule has 1 aromatic carbocycles. The summed E-state index contributed by atoms with van der Waals surface area (Å²) in [4.78, 5) is 14.4. The Kier molecular flexibility index (Phi) is 4.13. The Labute approximate surface area is 130 Å². The lowest BCUT2D eigenvalue weighted by Gasteiger charge is -2.26. The van der Waals surface area contributed by atoms with E-state index in [-0.39, 0.29) is 6.03 Å². The third-order valence-electron chi connectivity index (χ3n) is 4.17. The molecule has 0 unspecified atom stereocenters. The van der Waals surface area contributed by atoms with E-state index in [0.717, 1.165) is 43.9 Å². The van der Waals surface area contributed by atoms with Crippen LogP contribution in [0.15, 0.2) is 30.3 Å². The predicted molar refractivity (Wildman–Crippen MR) is 87.0 cm³/mol. The van der Waals surface area contributed by atoms with Crippen molar-refractivity contribution in [2.24, 2.45) is 7.05 Å². The van der Waals surface area contributed by atoms with Crippen LogP contribution in [0.5, 0.6) is 0 Å². The smallest absolute Gasteiger partial charge is 0.323 e. The van der Waals surface area contributed by atoms with Gasteiger partial charge in [-0.25, -0.2) is 4.79 Å². The standard InChI is InChI=1S/C17H22N4O/c1-13-12-16(20(2)19-13)18-17(22)21-10-5-8-14-6-3-4-7-15(14)9-11-21/h3-4,6-7,12H,5,8-11H2,1-2H3,(H,18,22). The second-order valence-corrected chi connectivity index (χ2v) is 5.83.